The van der Waals surface area contributed by atoms with Crippen LogP contribution < -0.4 is 0 Å². The second kappa shape index (κ2) is 12.0. The van der Waals surface area contributed by atoms with Gasteiger partial charge in [-0.05, 0) is 53.1 Å². The molecule has 2 aromatic carbocycles. The Morgan fingerprint density at radius 1 is 0.833 bits per heavy atom. The van der Waals surface area contributed by atoms with Gasteiger partial charge in [-0.3, -0.25) is 29.1 Å². The van der Waals surface area contributed by atoms with Crippen molar-refractivity contribution in [1.82, 2.24) is 24.6 Å². The first kappa shape index (κ1) is 26.8. The summed E-state index contributed by atoms with van der Waals surface area (Å²) in [5, 5.41) is 4.29. The number of ether oxygens (including phenoxy) is 1. The molecule has 42 heavy (non-hydrogen) atoms. The van der Waals surface area contributed by atoms with E-state index in [2.05, 4.69) is 15.1 Å². The topological polar surface area (TPSA) is 107 Å². The number of pyridine rings is 2. The van der Waals surface area contributed by atoms with Crippen LogP contribution in [0.5, 0.6) is 0 Å². The Hall–Kier alpha value is -5.44. The van der Waals surface area contributed by atoms with Crippen LogP contribution in [-0.2, 0) is 30.9 Å². The zero-order chi connectivity index (χ0) is 28.9. The summed E-state index contributed by atoms with van der Waals surface area (Å²) in [5.74, 6) is -1.04. The molecule has 5 aromatic rings. The summed E-state index contributed by atoms with van der Waals surface area (Å²) in [6.07, 6.45) is 6.50. The van der Waals surface area contributed by atoms with Crippen molar-refractivity contribution >= 4 is 17.7 Å². The van der Waals surface area contributed by atoms with Crippen LogP contribution >= 0.6 is 0 Å². The smallest absolute Gasteiger partial charge is 0.411 e. The van der Waals surface area contributed by atoms with Gasteiger partial charge in [0.05, 0.1) is 13.1 Å². The van der Waals surface area contributed by atoms with Crippen molar-refractivity contribution in [2.24, 2.45) is 0 Å². The van der Waals surface area contributed by atoms with Gasteiger partial charge in [-0.1, -0.05) is 48.5 Å². The summed E-state index contributed by atoms with van der Waals surface area (Å²) in [7, 11) is 0. The van der Waals surface area contributed by atoms with Crippen molar-refractivity contribution < 1.29 is 19.1 Å². The van der Waals surface area contributed by atoms with Crippen LogP contribution in [0.1, 0.15) is 48.8 Å². The van der Waals surface area contributed by atoms with E-state index < -0.39 is 23.7 Å². The third-order valence-electron chi connectivity index (χ3n) is 7.07. The van der Waals surface area contributed by atoms with Gasteiger partial charge in [0.15, 0.2) is 11.8 Å². The van der Waals surface area contributed by atoms with Gasteiger partial charge in [0.25, 0.3) is 0 Å². The second-order valence-electron chi connectivity index (χ2n) is 10.0. The number of amides is 1. The number of carbonyl (C=O) groups excluding carboxylic acids is 3. The third-order valence-corrected chi connectivity index (χ3v) is 7.07. The SMILES string of the molecule is O=C(c1cc(Cc2ccccn2)cc(Cn2cccn2)c1)C1C(=O)c2ncccc2CN1C(=O)OCc1ccccc1. The first-order chi connectivity index (χ1) is 20.5. The molecule has 0 aliphatic carbocycles. The number of rotatable bonds is 8. The lowest BCUT2D eigenvalue weighted by molar-refractivity contribution is 0.0526. The van der Waals surface area contributed by atoms with Crippen molar-refractivity contribution in [1.29, 1.82) is 0 Å². The molecule has 3 aromatic heterocycles. The van der Waals surface area contributed by atoms with Crippen molar-refractivity contribution in [3.05, 3.63) is 149 Å². The normalized spacial score (nSPS) is 14.3. The number of nitrogens with zero attached hydrogens (tertiary/aromatic N) is 5. The van der Waals surface area contributed by atoms with E-state index in [0.29, 0.717) is 24.1 Å². The van der Waals surface area contributed by atoms with Crippen molar-refractivity contribution in [2.75, 3.05) is 0 Å². The molecule has 4 heterocycles. The minimum Gasteiger partial charge on any atom is -0.445 e. The molecule has 9 heteroatoms. The van der Waals surface area contributed by atoms with Gasteiger partial charge in [0.2, 0.25) is 5.78 Å². The maximum atomic E-state index is 14.2. The fourth-order valence-corrected chi connectivity index (χ4v) is 5.12. The molecule has 0 saturated carbocycles. The standard InChI is InChI=1S/C33H27N5O4/c39-31(27-17-24(19-28-11-4-5-12-34-28)16-25(18-27)20-37-15-7-14-36-37)30-32(40)29-26(10-6-13-35-29)21-38(30)33(41)42-22-23-8-2-1-3-9-23/h1-18,30H,19-22H2. The molecule has 208 valence electrons. The summed E-state index contributed by atoms with van der Waals surface area (Å²) in [5.41, 5.74) is 4.37. The minimum absolute atomic E-state index is 0.0126. The van der Waals surface area contributed by atoms with E-state index in [9.17, 15) is 14.4 Å². The summed E-state index contributed by atoms with van der Waals surface area (Å²) in [6, 6.07) is 24.3. The van der Waals surface area contributed by atoms with E-state index >= 15 is 0 Å². The fourth-order valence-electron chi connectivity index (χ4n) is 5.12. The third kappa shape index (κ3) is 5.85. The zero-order valence-corrected chi connectivity index (χ0v) is 22.7. The summed E-state index contributed by atoms with van der Waals surface area (Å²) in [4.78, 5) is 51.3. The van der Waals surface area contributed by atoms with Crippen LogP contribution in [-0.4, -0.2) is 48.3 Å². The lowest BCUT2D eigenvalue weighted by Crippen LogP contribution is -2.53. The predicted molar refractivity (Wildman–Crippen MR) is 154 cm³/mol. The number of hydrogen-bond acceptors (Lipinski definition) is 7. The molecule has 0 radical (unpaired) electrons. The first-order valence-electron chi connectivity index (χ1n) is 13.5. The highest BCUT2D eigenvalue weighted by Crippen LogP contribution is 2.27. The average molecular weight is 558 g/mol. The van der Waals surface area contributed by atoms with Crippen LogP contribution in [0, 0.1) is 0 Å². The van der Waals surface area contributed by atoms with Crippen molar-refractivity contribution in [2.45, 2.75) is 32.2 Å². The maximum absolute atomic E-state index is 14.2. The Morgan fingerprint density at radius 2 is 1.64 bits per heavy atom. The molecule has 0 saturated heterocycles. The van der Waals surface area contributed by atoms with Gasteiger partial charge in [0.1, 0.15) is 12.3 Å². The number of benzene rings is 2. The number of carbonyl (C=O) groups is 3. The highest BCUT2D eigenvalue weighted by molar-refractivity contribution is 6.21. The average Bonchev–Trinajstić information content (AvgIpc) is 3.53. The predicted octanol–water partition coefficient (Wildman–Crippen LogP) is 4.90. The molecule has 1 aliphatic heterocycles. The number of hydrogen-bond donors (Lipinski definition) is 0. The van der Waals surface area contributed by atoms with E-state index in [4.69, 9.17) is 4.74 Å². The Morgan fingerprint density at radius 3 is 2.43 bits per heavy atom. The quantitative estimate of drug-likeness (QED) is 0.197. The Bertz CT molecular complexity index is 1720. The molecule has 0 N–H and O–H groups in total. The van der Waals surface area contributed by atoms with Crippen molar-refractivity contribution in [3.8, 4) is 0 Å². The van der Waals surface area contributed by atoms with Crippen LogP contribution in [0.25, 0.3) is 0 Å². The van der Waals surface area contributed by atoms with Gasteiger partial charge < -0.3 is 4.74 Å². The lowest BCUT2D eigenvalue weighted by atomic mass is 9.90. The Kier molecular flexibility index (Phi) is 7.63. The van der Waals surface area contributed by atoms with E-state index in [1.165, 1.54) is 11.1 Å². The molecule has 1 aliphatic rings. The minimum atomic E-state index is -1.42. The number of fused-ring (bicyclic) bond motifs is 1. The van der Waals surface area contributed by atoms with Gasteiger partial charge in [0, 0.05) is 48.0 Å². The largest absolute Gasteiger partial charge is 0.445 e. The van der Waals surface area contributed by atoms with Crippen molar-refractivity contribution in [3.63, 3.8) is 0 Å². The second-order valence-corrected chi connectivity index (χ2v) is 10.0. The molecule has 0 bridgehead atoms. The van der Waals surface area contributed by atoms with E-state index in [1.807, 2.05) is 66.9 Å². The van der Waals surface area contributed by atoms with Gasteiger partial charge in [-0.25, -0.2) is 4.79 Å². The van der Waals surface area contributed by atoms with Crippen LogP contribution in [0.4, 0.5) is 4.79 Å². The zero-order valence-electron chi connectivity index (χ0n) is 22.7. The van der Waals surface area contributed by atoms with Crippen LogP contribution in [0.3, 0.4) is 0 Å². The van der Waals surface area contributed by atoms with Gasteiger partial charge in [-0.2, -0.15) is 5.10 Å². The maximum Gasteiger partial charge on any atom is 0.411 e. The molecule has 1 unspecified atom stereocenters. The monoisotopic (exact) mass is 557 g/mol. The summed E-state index contributed by atoms with van der Waals surface area (Å²) < 4.78 is 7.34. The molecule has 0 fully saturated rings. The first-order valence-corrected chi connectivity index (χ1v) is 13.5. The lowest BCUT2D eigenvalue weighted by Gasteiger charge is -2.33. The molecule has 1 atom stereocenters. The van der Waals surface area contributed by atoms with Crippen LogP contribution in [0.2, 0.25) is 0 Å². The van der Waals surface area contributed by atoms with Gasteiger partial charge >= 0.3 is 6.09 Å². The summed E-state index contributed by atoms with van der Waals surface area (Å²) >= 11 is 0. The molecular formula is C33H27N5O4. The molecule has 0 spiro atoms. The van der Waals surface area contributed by atoms with E-state index in [0.717, 1.165) is 22.4 Å². The highest BCUT2D eigenvalue weighted by atomic mass is 16.6. The molecule has 1 amide bonds. The van der Waals surface area contributed by atoms with Crippen LogP contribution in [0.15, 0.2) is 110 Å². The highest BCUT2D eigenvalue weighted by Gasteiger charge is 2.43. The fraction of sp³-hybridized carbons (Fsp3) is 0.152. The van der Waals surface area contributed by atoms with E-state index in [1.54, 1.807) is 41.3 Å². The molecule has 9 nitrogen and oxygen atoms in total. The number of Topliss-reactive ketones (excluding diaryl/α,β-unsaturated/α-hetero) is 2. The summed E-state index contributed by atoms with van der Waals surface area (Å²) in [6.45, 7) is 0.459. The van der Waals surface area contributed by atoms with Gasteiger partial charge in [-0.15, -0.1) is 0 Å². The Labute approximate surface area is 242 Å². The number of aromatic nitrogens is 4. The Balaban J connectivity index is 1.35. The number of ketones is 2. The van der Waals surface area contributed by atoms with E-state index in [-0.39, 0.29) is 18.8 Å². The molecular weight excluding hydrogens is 530 g/mol. The molecule has 6 rings (SSSR count).